The number of benzene rings is 1. The molecule has 1 aromatic rings. The van der Waals surface area contributed by atoms with E-state index in [1.165, 1.54) is 11.1 Å². The first-order chi connectivity index (χ1) is 10.0. The van der Waals surface area contributed by atoms with Crippen molar-refractivity contribution in [2.24, 2.45) is 17.3 Å². The summed E-state index contributed by atoms with van der Waals surface area (Å²) in [6, 6.07) is 5.80. The molecule has 0 aliphatic heterocycles. The first kappa shape index (κ1) is 13.6. The van der Waals surface area contributed by atoms with Crippen molar-refractivity contribution < 1.29 is 15.3 Å². The van der Waals surface area contributed by atoms with Gasteiger partial charge in [-0.1, -0.05) is 13.0 Å². The number of aryl methyl sites for hydroxylation is 1. The molecule has 0 amide bonds. The largest absolute Gasteiger partial charge is 0.508 e. The van der Waals surface area contributed by atoms with Gasteiger partial charge in [-0.3, -0.25) is 0 Å². The number of hydrogen-bond donors (Lipinski definition) is 3. The Bertz CT molecular complexity index is 570. The van der Waals surface area contributed by atoms with Crippen molar-refractivity contribution in [3.8, 4) is 5.75 Å². The minimum atomic E-state index is -0.565. The van der Waals surface area contributed by atoms with Gasteiger partial charge in [0.1, 0.15) is 5.75 Å². The Hall–Kier alpha value is -1.06. The van der Waals surface area contributed by atoms with Gasteiger partial charge in [-0.05, 0) is 78.5 Å². The first-order valence-corrected chi connectivity index (χ1v) is 8.18. The number of rotatable bonds is 0. The summed E-state index contributed by atoms with van der Waals surface area (Å²) in [6.45, 7) is 2.17. The zero-order chi connectivity index (χ0) is 14.8. The fourth-order valence-corrected chi connectivity index (χ4v) is 5.56. The maximum Gasteiger partial charge on any atom is 0.115 e. The van der Waals surface area contributed by atoms with Crippen molar-refractivity contribution in [3.63, 3.8) is 0 Å². The van der Waals surface area contributed by atoms with E-state index in [1.54, 1.807) is 6.07 Å². The quantitative estimate of drug-likeness (QED) is 0.687. The van der Waals surface area contributed by atoms with Crippen LogP contribution in [0.2, 0.25) is 0 Å². The lowest BCUT2D eigenvalue weighted by atomic mass is 9.55. The zero-order valence-corrected chi connectivity index (χ0v) is 12.5. The molecule has 3 aliphatic carbocycles. The van der Waals surface area contributed by atoms with Gasteiger partial charge in [0.2, 0.25) is 0 Å². The van der Waals surface area contributed by atoms with Crippen LogP contribution in [0.3, 0.4) is 0 Å². The molecule has 1 unspecified atom stereocenters. The Morgan fingerprint density at radius 1 is 1.19 bits per heavy atom. The summed E-state index contributed by atoms with van der Waals surface area (Å²) in [7, 11) is 0. The summed E-state index contributed by atoms with van der Waals surface area (Å²) < 4.78 is 0. The van der Waals surface area contributed by atoms with Crippen LogP contribution in [-0.4, -0.2) is 27.5 Å². The van der Waals surface area contributed by atoms with Gasteiger partial charge in [-0.25, -0.2) is 0 Å². The van der Waals surface area contributed by atoms with Crippen LogP contribution in [0.4, 0.5) is 0 Å². The molecule has 0 saturated heterocycles. The van der Waals surface area contributed by atoms with Crippen LogP contribution >= 0.6 is 0 Å². The van der Waals surface area contributed by atoms with E-state index in [0.717, 1.165) is 32.1 Å². The van der Waals surface area contributed by atoms with Crippen molar-refractivity contribution in [1.29, 1.82) is 0 Å². The minimum Gasteiger partial charge on any atom is -0.508 e. The molecule has 6 atom stereocenters. The van der Waals surface area contributed by atoms with E-state index >= 15 is 0 Å². The summed E-state index contributed by atoms with van der Waals surface area (Å²) in [5.41, 5.74) is 2.57. The van der Waals surface area contributed by atoms with Gasteiger partial charge in [0.25, 0.3) is 0 Å². The van der Waals surface area contributed by atoms with Crippen LogP contribution in [0.1, 0.15) is 49.7 Å². The van der Waals surface area contributed by atoms with Crippen molar-refractivity contribution in [1.82, 2.24) is 0 Å². The number of phenols is 1. The second-order valence-electron chi connectivity index (χ2n) is 7.59. The van der Waals surface area contributed by atoms with Gasteiger partial charge < -0.3 is 15.3 Å². The van der Waals surface area contributed by atoms with Gasteiger partial charge in [0, 0.05) is 0 Å². The normalized spacial score (nSPS) is 44.8. The molecule has 0 spiro atoms. The van der Waals surface area contributed by atoms with Crippen LogP contribution in [0.5, 0.6) is 5.75 Å². The van der Waals surface area contributed by atoms with E-state index in [2.05, 4.69) is 13.0 Å². The molecule has 21 heavy (non-hydrogen) atoms. The highest BCUT2D eigenvalue weighted by atomic mass is 16.3. The standard InChI is InChI=1S/C18H24O3/c1-18-7-6-13-12-5-3-11(19)8-10(12)2-4-14(13)15(18)9-16(20)17(18)21/h3,5,8,13-17,19-21H,2,4,6-7,9H2,1H3/t13-,14-,15+,16?,17+,18+/m1/s1. The average Bonchev–Trinajstić information content (AvgIpc) is 2.70. The van der Waals surface area contributed by atoms with E-state index < -0.39 is 12.2 Å². The first-order valence-electron chi connectivity index (χ1n) is 8.18. The highest BCUT2D eigenvalue weighted by Crippen LogP contribution is 2.60. The third-order valence-electron chi connectivity index (χ3n) is 6.68. The Balaban J connectivity index is 1.71. The molecule has 3 aliphatic rings. The molecule has 0 aromatic heterocycles. The smallest absolute Gasteiger partial charge is 0.115 e. The van der Waals surface area contributed by atoms with E-state index in [4.69, 9.17) is 0 Å². The maximum absolute atomic E-state index is 10.4. The summed E-state index contributed by atoms with van der Waals surface area (Å²) >= 11 is 0. The van der Waals surface area contributed by atoms with Gasteiger partial charge >= 0.3 is 0 Å². The average molecular weight is 288 g/mol. The van der Waals surface area contributed by atoms with Crippen molar-refractivity contribution in [2.45, 2.75) is 57.2 Å². The molecule has 0 radical (unpaired) electrons. The Morgan fingerprint density at radius 3 is 2.81 bits per heavy atom. The van der Waals surface area contributed by atoms with Gasteiger partial charge in [-0.15, -0.1) is 0 Å². The number of fused-ring (bicyclic) bond motifs is 5. The third-order valence-corrected chi connectivity index (χ3v) is 6.68. The number of phenolic OH excluding ortho intramolecular Hbond substituents is 1. The molecule has 3 heteroatoms. The highest BCUT2D eigenvalue weighted by Gasteiger charge is 2.57. The predicted octanol–water partition coefficient (Wildman–Crippen LogP) is 2.58. The molecule has 114 valence electrons. The van der Waals surface area contributed by atoms with Crippen molar-refractivity contribution in [2.75, 3.05) is 0 Å². The van der Waals surface area contributed by atoms with E-state index in [1.807, 2.05) is 6.07 Å². The molecular formula is C18H24O3. The topological polar surface area (TPSA) is 60.7 Å². The number of aromatic hydroxyl groups is 1. The minimum absolute atomic E-state index is 0.116. The monoisotopic (exact) mass is 288 g/mol. The SMILES string of the molecule is C[C@]12CC[C@@H]3c4ccc(O)cc4CC[C@H]3[C@@H]1CC(O)[C@@H]2O. The molecule has 0 bridgehead atoms. The number of aliphatic hydroxyl groups excluding tert-OH is 2. The summed E-state index contributed by atoms with van der Waals surface area (Å²) in [6.07, 6.45) is 3.80. The Morgan fingerprint density at radius 2 is 2.00 bits per heavy atom. The van der Waals surface area contributed by atoms with Crippen molar-refractivity contribution in [3.05, 3.63) is 29.3 Å². The predicted molar refractivity (Wildman–Crippen MR) is 80.1 cm³/mol. The lowest BCUT2D eigenvalue weighted by Crippen LogP contribution is -2.44. The van der Waals surface area contributed by atoms with Crippen molar-refractivity contribution >= 4 is 0 Å². The van der Waals surface area contributed by atoms with Gasteiger partial charge in [0.05, 0.1) is 12.2 Å². The number of aliphatic hydroxyl groups is 2. The second kappa shape index (κ2) is 4.47. The van der Waals surface area contributed by atoms with Crippen LogP contribution in [0.25, 0.3) is 0 Å². The molecule has 3 nitrogen and oxygen atoms in total. The van der Waals surface area contributed by atoms with Crippen LogP contribution in [0, 0.1) is 17.3 Å². The summed E-state index contributed by atoms with van der Waals surface area (Å²) in [4.78, 5) is 0. The third kappa shape index (κ3) is 1.80. The maximum atomic E-state index is 10.4. The van der Waals surface area contributed by atoms with Gasteiger partial charge in [0.15, 0.2) is 0 Å². The lowest BCUT2D eigenvalue weighted by molar-refractivity contribution is -0.0505. The summed E-state index contributed by atoms with van der Waals surface area (Å²) in [5.74, 6) is 1.88. The molecule has 3 N–H and O–H groups in total. The van der Waals surface area contributed by atoms with E-state index in [-0.39, 0.29) is 5.41 Å². The molecule has 2 fully saturated rings. The molecular weight excluding hydrogens is 264 g/mol. The van der Waals surface area contributed by atoms with Crippen LogP contribution < -0.4 is 0 Å². The lowest BCUT2D eigenvalue weighted by Gasteiger charge is -2.49. The molecule has 1 aromatic carbocycles. The van der Waals surface area contributed by atoms with E-state index in [9.17, 15) is 15.3 Å². The summed E-state index contributed by atoms with van der Waals surface area (Å²) in [5, 5.41) is 30.2. The fraction of sp³-hybridized carbons (Fsp3) is 0.667. The molecule has 4 rings (SSSR count). The fourth-order valence-electron chi connectivity index (χ4n) is 5.56. The van der Waals surface area contributed by atoms with Gasteiger partial charge in [-0.2, -0.15) is 0 Å². The Kier molecular flexibility index (Phi) is 2.89. The molecule has 0 heterocycles. The van der Waals surface area contributed by atoms with E-state index in [0.29, 0.717) is 23.5 Å². The molecule has 2 saturated carbocycles. The Labute approximate surface area is 125 Å². The van der Waals surface area contributed by atoms with Crippen LogP contribution in [0.15, 0.2) is 18.2 Å². The zero-order valence-electron chi connectivity index (χ0n) is 12.5. The highest BCUT2D eigenvalue weighted by molar-refractivity contribution is 5.40. The number of hydrogen-bond acceptors (Lipinski definition) is 3. The van der Waals surface area contributed by atoms with Crippen LogP contribution in [-0.2, 0) is 6.42 Å². The second-order valence-corrected chi connectivity index (χ2v) is 7.59.